The van der Waals surface area contributed by atoms with Crippen molar-refractivity contribution in [2.45, 2.75) is 6.54 Å². The lowest BCUT2D eigenvalue weighted by Crippen LogP contribution is -2.04. The van der Waals surface area contributed by atoms with E-state index in [4.69, 9.17) is 11.6 Å². The number of non-ortho nitro benzene ring substituents is 1. The lowest BCUT2D eigenvalue weighted by molar-refractivity contribution is -0.384. The standard InChI is InChI=1S/C17H11ClN6O2S/c18-14-7-12-15(21-8-10-2-1-3-11(6-10)24(25)26)22-16(23-17(12)27-14)13-9-19-4-5-20-13/h1-7,9H,8H2,(H,21,22,23). The second kappa shape index (κ2) is 7.22. The molecule has 0 radical (unpaired) electrons. The van der Waals surface area contributed by atoms with Crippen molar-refractivity contribution in [1.82, 2.24) is 19.9 Å². The molecule has 0 bridgehead atoms. The van der Waals surface area contributed by atoms with E-state index in [0.717, 1.165) is 15.8 Å². The van der Waals surface area contributed by atoms with Crippen LogP contribution in [-0.2, 0) is 6.54 Å². The van der Waals surface area contributed by atoms with Crippen LogP contribution >= 0.6 is 22.9 Å². The van der Waals surface area contributed by atoms with E-state index in [-0.39, 0.29) is 5.69 Å². The number of nitrogens with zero attached hydrogens (tertiary/aromatic N) is 5. The summed E-state index contributed by atoms with van der Waals surface area (Å²) >= 11 is 7.49. The Hall–Kier alpha value is -3.17. The fourth-order valence-electron chi connectivity index (χ4n) is 2.52. The first-order chi connectivity index (χ1) is 13.1. The van der Waals surface area contributed by atoms with Gasteiger partial charge in [0.2, 0.25) is 0 Å². The molecule has 3 heterocycles. The number of benzene rings is 1. The number of anilines is 1. The smallest absolute Gasteiger partial charge is 0.269 e. The lowest BCUT2D eigenvalue weighted by Gasteiger charge is -2.09. The molecule has 0 saturated heterocycles. The second-order valence-electron chi connectivity index (χ2n) is 5.54. The number of hydrogen-bond acceptors (Lipinski definition) is 8. The van der Waals surface area contributed by atoms with Crippen molar-refractivity contribution >= 4 is 44.7 Å². The minimum Gasteiger partial charge on any atom is -0.365 e. The van der Waals surface area contributed by atoms with Crippen molar-refractivity contribution in [3.8, 4) is 11.5 Å². The van der Waals surface area contributed by atoms with E-state index in [9.17, 15) is 10.1 Å². The highest BCUT2D eigenvalue weighted by Crippen LogP contribution is 2.33. The SMILES string of the molecule is O=[N+]([O-])c1cccc(CNc2nc(-c3cnccn3)nc3sc(Cl)cc23)c1. The molecule has 0 atom stereocenters. The van der Waals surface area contributed by atoms with Gasteiger partial charge in [-0.3, -0.25) is 15.1 Å². The van der Waals surface area contributed by atoms with Gasteiger partial charge in [0, 0.05) is 31.1 Å². The number of nitrogens with one attached hydrogen (secondary N) is 1. The number of nitro benzene ring substituents is 1. The first-order valence-corrected chi connectivity index (χ1v) is 9.00. The van der Waals surface area contributed by atoms with Gasteiger partial charge in [-0.05, 0) is 11.6 Å². The molecule has 0 saturated carbocycles. The first kappa shape index (κ1) is 17.3. The fourth-order valence-corrected chi connectivity index (χ4v) is 3.61. The van der Waals surface area contributed by atoms with Crippen LogP contribution in [0.4, 0.5) is 11.5 Å². The summed E-state index contributed by atoms with van der Waals surface area (Å²) in [4.78, 5) is 28.6. The summed E-state index contributed by atoms with van der Waals surface area (Å²) in [5.41, 5.74) is 1.35. The maximum atomic E-state index is 10.9. The summed E-state index contributed by atoms with van der Waals surface area (Å²) in [5.74, 6) is 1.01. The summed E-state index contributed by atoms with van der Waals surface area (Å²) in [6, 6.07) is 8.23. The highest BCUT2D eigenvalue weighted by atomic mass is 35.5. The zero-order chi connectivity index (χ0) is 18.8. The highest BCUT2D eigenvalue weighted by Gasteiger charge is 2.14. The van der Waals surface area contributed by atoms with Crippen LogP contribution in [0.2, 0.25) is 4.34 Å². The topological polar surface area (TPSA) is 107 Å². The predicted octanol–water partition coefficient (Wildman–Crippen LogP) is 4.32. The number of hydrogen-bond donors (Lipinski definition) is 1. The Morgan fingerprint density at radius 1 is 1.22 bits per heavy atom. The van der Waals surface area contributed by atoms with Gasteiger partial charge < -0.3 is 5.32 Å². The number of nitro groups is 1. The van der Waals surface area contributed by atoms with Crippen molar-refractivity contribution in [3.63, 3.8) is 0 Å². The molecule has 0 aliphatic heterocycles. The highest BCUT2D eigenvalue weighted by molar-refractivity contribution is 7.22. The molecule has 10 heteroatoms. The third kappa shape index (κ3) is 3.69. The van der Waals surface area contributed by atoms with Gasteiger partial charge in [0.25, 0.3) is 5.69 Å². The number of thiophene rings is 1. The van der Waals surface area contributed by atoms with E-state index >= 15 is 0 Å². The predicted molar refractivity (Wildman–Crippen MR) is 104 cm³/mol. The van der Waals surface area contributed by atoms with Gasteiger partial charge in [0.05, 0.1) is 20.8 Å². The normalized spacial score (nSPS) is 10.9. The van der Waals surface area contributed by atoms with Crippen LogP contribution in [-0.4, -0.2) is 24.9 Å². The van der Waals surface area contributed by atoms with E-state index in [1.54, 1.807) is 30.7 Å². The molecule has 27 heavy (non-hydrogen) atoms. The Morgan fingerprint density at radius 2 is 2.11 bits per heavy atom. The summed E-state index contributed by atoms with van der Waals surface area (Å²) < 4.78 is 0.592. The van der Waals surface area contributed by atoms with Gasteiger partial charge in [0.15, 0.2) is 5.82 Å². The van der Waals surface area contributed by atoms with Crippen LogP contribution in [0.1, 0.15) is 5.56 Å². The number of aromatic nitrogens is 4. The van der Waals surface area contributed by atoms with Gasteiger partial charge in [0.1, 0.15) is 16.3 Å². The number of halogens is 1. The minimum absolute atomic E-state index is 0.0426. The summed E-state index contributed by atoms with van der Waals surface area (Å²) in [6.45, 7) is 0.362. The Labute approximate surface area is 162 Å². The third-order valence-electron chi connectivity index (χ3n) is 3.74. The maximum Gasteiger partial charge on any atom is 0.269 e. The summed E-state index contributed by atoms with van der Waals surface area (Å²) in [6.07, 6.45) is 4.73. The van der Waals surface area contributed by atoms with Crippen molar-refractivity contribution in [2.75, 3.05) is 5.32 Å². The molecule has 0 aliphatic rings. The molecule has 1 aromatic carbocycles. The number of rotatable bonds is 5. The largest absolute Gasteiger partial charge is 0.365 e. The molecule has 0 aliphatic carbocycles. The Kier molecular flexibility index (Phi) is 4.61. The Morgan fingerprint density at radius 3 is 2.89 bits per heavy atom. The second-order valence-corrected chi connectivity index (χ2v) is 7.20. The molecule has 0 fully saturated rings. The van der Waals surface area contributed by atoms with Gasteiger partial charge in [-0.1, -0.05) is 23.7 Å². The Bertz CT molecular complexity index is 1130. The van der Waals surface area contributed by atoms with E-state index in [2.05, 4.69) is 25.3 Å². The molecule has 0 spiro atoms. The molecule has 0 unspecified atom stereocenters. The first-order valence-electron chi connectivity index (χ1n) is 7.81. The van der Waals surface area contributed by atoms with Crippen molar-refractivity contribution in [2.24, 2.45) is 0 Å². The maximum absolute atomic E-state index is 10.9. The third-order valence-corrected chi connectivity index (χ3v) is 4.89. The zero-order valence-electron chi connectivity index (χ0n) is 13.7. The molecule has 3 aromatic heterocycles. The van der Waals surface area contributed by atoms with Crippen LogP contribution in [0, 0.1) is 10.1 Å². The molecule has 1 N–H and O–H groups in total. The zero-order valence-corrected chi connectivity index (χ0v) is 15.2. The van der Waals surface area contributed by atoms with Crippen molar-refractivity contribution in [3.05, 3.63) is 68.9 Å². The lowest BCUT2D eigenvalue weighted by atomic mass is 10.2. The molecule has 0 amide bonds. The van der Waals surface area contributed by atoms with Gasteiger partial charge in [-0.25, -0.2) is 15.0 Å². The van der Waals surface area contributed by atoms with E-state index in [1.807, 2.05) is 6.07 Å². The van der Waals surface area contributed by atoms with Crippen molar-refractivity contribution < 1.29 is 4.92 Å². The van der Waals surface area contributed by atoms with Crippen LogP contribution in [0.15, 0.2) is 48.9 Å². The molecular formula is C17H11ClN6O2S. The number of fused-ring (bicyclic) bond motifs is 1. The average Bonchev–Trinajstić information content (AvgIpc) is 3.07. The minimum atomic E-state index is -0.419. The fraction of sp³-hybridized carbons (Fsp3) is 0.0588. The Balaban J connectivity index is 1.70. The average molecular weight is 399 g/mol. The van der Waals surface area contributed by atoms with E-state index in [1.165, 1.54) is 23.5 Å². The molecule has 4 aromatic rings. The van der Waals surface area contributed by atoms with E-state index in [0.29, 0.717) is 28.2 Å². The summed E-state index contributed by atoms with van der Waals surface area (Å²) in [5, 5.41) is 14.9. The summed E-state index contributed by atoms with van der Waals surface area (Å²) in [7, 11) is 0. The quantitative estimate of drug-likeness (QED) is 0.394. The molecular weight excluding hydrogens is 388 g/mol. The molecule has 8 nitrogen and oxygen atoms in total. The van der Waals surface area contributed by atoms with Crippen LogP contribution < -0.4 is 5.32 Å². The van der Waals surface area contributed by atoms with Gasteiger partial charge >= 0.3 is 0 Å². The van der Waals surface area contributed by atoms with Crippen LogP contribution in [0.25, 0.3) is 21.7 Å². The monoisotopic (exact) mass is 398 g/mol. The van der Waals surface area contributed by atoms with Gasteiger partial charge in [-0.15, -0.1) is 11.3 Å². The molecule has 4 rings (SSSR count). The van der Waals surface area contributed by atoms with Crippen molar-refractivity contribution in [1.29, 1.82) is 0 Å². The van der Waals surface area contributed by atoms with Crippen LogP contribution in [0.5, 0.6) is 0 Å². The van der Waals surface area contributed by atoms with Gasteiger partial charge in [-0.2, -0.15) is 0 Å². The molecule has 134 valence electrons. The van der Waals surface area contributed by atoms with E-state index < -0.39 is 4.92 Å². The van der Waals surface area contributed by atoms with Crippen LogP contribution in [0.3, 0.4) is 0 Å².